The van der Waals surface area contributed by atoms with Crippen LogP contribution in [-0.4, -0.2) is 29.1 Å². The van der Waals surface area contributed by atoms with Crippen LogP contribution in [0.4, 0.5) is 8.78 Å². The van der Waals surface area contributed by atoms with Crippen molar-refractivity contribution in [1.82, 2.24) is 5.32 Å². The van der Waals surface area contributed by atoms with Gasteiger partial charge >= 0.3 is 5.97 Å². The van der Waals surface area contributed by atoms with Crippen LogP contribution >= 0.6 is 0 Å². The van der Waals surface area contributed by atoms with Gasteiger partial charge in [-0.25, -0.2) is 8.78 Å². The predicted molar refractivity (Wildman–Crippen MR) is 38.2 cm³/mol. The molecule has 1 aliphatic heterocycles. The van der Waals surface area contributed by atoms with Gasteiger partial charge in [-0.15, -0.1) is 0 Å². The van der Waals surface area contributed by atoms with Crippen molar-refractivity contribution in [3.8, 4) is 0 Å². The fourth-order valence-electron chi connectivity index (χ4n) is 1.50. The third kappa shape index (κ3) is 2.14. The smallest absolute Gasteiger partial charge is 0.305 e. The van der Waals surface area contributed by atoms with Gasteiger partial charge in [0.15, 0.2) is 0 Å². The highest BCUT2D eigenvalue weighted by atomic mass is 19.3. The first kappa shape index (κ1) is 9.38. The Kier molecular flexibility index (Phi) is 2.07. The van der Waals surface area contributed by atoms with E-state index in [9.17, 15) is 13.6 Å². The van der Waals surface area contributed by atoms with E-state index < -0.39 is 30.4 Å². The van der Waals surface area contributed by atoms with Crippen LogP contribution in [0.1, 0.15) is 19.8 Å². The molecule has 1 fully saturated rings. The number of aliphatic carboxylic acids is 1. The van der Waals surface area contributed by atoms with Crippen LogP contribution < -0.4 is 5.32 Å². The Bertz CT molecular complexity index is 208. The van der Waals surface area contributed by atoms with E-state index in [0.717, 1.165) is 0 Å². The second kappa shape index (κ2) is 2.65. The predicted octanol–water partition coefficient (Wildman–Crippen LogP) is 0.848. The minimum absolute atomic E-state index is 0.261. The summed E-state index contributed by atoms with van der Waals surface area (Å²) in [6.07, 6.45) is -0.658. The lowest BCUT2D eigenvalue weighted by molar-refractivity contribution is -0.138. The van der Waals surface area contributed by atoms with Crippen molar-refractivity contribution in [2.24, 2.45) is 0 Å². The second-order valence-corrected chi connectivity index (χ2v) is 3.52. The summed E-state index contributed by atoms with van der Waals surface area (Å²) in [4.78, 5) is 10.3. The minimum Gasteiger partial charge on any atom is -0.481 e. The summed E-state index contributed by atoms with van der Waals surface area (Å²) in [5, 5.41) is 10.9. The third-order valence-corrected chi connectivity index (χ3v) is 1.96. The number of carbonyl (C=O) groups is 1. The second-order valence-electron chi connectivity index (χ2n) is 3.52. The molecule has 0 aliphatic carbocycles. The summed E-state index contributed by atoms with van der Waals surface area (Å²) in [5.74, 6) is -3.81. The van der Waals surface area contributed by atoms with Gasteiger partial charge in [0, 0.05) is 12.0 Å². The molecule has 1 rings (SSSR count). The van der Waals surface area contributed by atoms with Crippen LogP contribution in [0, 0.1) is 0 Å². The molecule has 1 atom stereocenters. The maximum Gasteiger partial charge on any atom is 0.305 e. The highest BCUT2D eigenvalue weighted by Gasteiger charge is 2.47. The summed E-state index contributed by atoms with van der Waals surface area (Å²) >= 11 is 0. The minimum atomic E-state index is -2.76. The van der Waals surface area contributed by atoms with Crippen molar-refractivity contribution in [1.29, 1.82) is 0 Å². The normalized spacial score (nSPS) is 33.6. The standard InChI is InChI=1S/C7H11F2NO2/c1-6(2-5(11)12)3-7(8,9)4-10-6/h10H,2-4H2,1H3,(H,11,12). The summed E-state index contributed by atoms with van der Waals surface area (Å²) in [6, 6.07) is 0. The number of carboxylic acid groups (broad SMARTS) is 1. The lowest BCUT2D eigenvalue weighted by Crippen LogP contribution is -2.38. The number of carboxylic acids is 1. The van der Waals surface area contributed by atoms with Crippen LogP contribution in [-0.2, 0) is 4.79 Å². The number of rotatable bonds is 2. The maximum absolute atomic E-state index is 12.6. The topological polar surface area (TPSA) is 49.3 Å². The molecular weight excluding hydrogens is 168 g/mol. The van der Waals surface area contributed by atoms with E-state index in [1.54, 1.807) is 0 Å². The molecule has 0 amide bonds. The molecule has 0 bridgehead atoms. The molecule has 3 nitrogen and oxygen atoms in total. The van der Waals surface area contributed by atoms with E-state index in [1.807, 2.05) is 0 Å². The Morgan fingerprint density at radius 2 is 2.25 bits per heavy atom. The van der Waals surface area contributed by atoms with Crippen LogP contribution in [0.25, 0.3) is 0 Å². The first-order valence-electron chi connectivity index (χ1n) is 3.68. The van der Waals surface area contributed by atoms with Crippen LogP contribution in [0.2, 0.25) is 0 Å². The highest BCUT2D eigenvalue weighted by Crippen LogP contribution is 2.33. The van der Waals surface area contributed by atoms with E-state index >= 15 is 0 Å². The third-order valence-electron chi connectivity index (χ3n) is 1.96. The molecule has 12 heavy (non-hydrogen) atoms. The Balaban J connectivity index is 2.58. The van der Waals surface area contributed by atoms with Gasteiger partial charge in [0.1, 0.15) is 0 Å². The van der Waals surface area contributed by atoms with Crippen molar-refractivity contribution in [2.75, 3.05) is 6.54 Å². The van der Waals surface area contributed by atoms with Gasteiger partial charge in [0.05, 0.1) is 13.0 Å². The van der Waals surface area contributed by atoms with Crippen LogP contribution in [0.15, 0.2) is 0 Å². The molecular formula is C7H11F2NO2. The van der Waals surface area contributed by atoms with Gasteiger partial charge < -0.3 is 10.4 Å². The van der Waals surface area contributed by atoms with E-state index in [4.69, 9.17) is 5.11 Å². The molecule has 0 aromatic heterocycles. The van der Waals surface area contributed by atoms with Crippen molar-refractivity contribution in [3.63, 3.8) is 0 Å². The lowest BCUT2D eigenvalue weighted by Gasteiger charge is -2.21. The zero-order chi connectivity index (χ0) is 9.41. The van der Waals surface area contributed by atoms with Gasteiger partial charge in [0.2, 0.25) is 0 Å². The lowest BCUT2D eigenvalue weighted by atomic mass is 9.95. The molecule has 5 heteroatoms. The summed E-state index contributed by atoms with van der Waals surface area (Å²) in [5.41, 5.74) is -0.949. The zero-order valence-corrected chi connectivity index (χ0v) is 6.73. The van der Waals surface area contributed by atoms with Crippen molar-refractivity contribution < 1.29 is 18.7 Å². The van der Waals surface area contributed by atoms with Gasteiger partial charge in [-0.2, -0.15) is 0 Å². The first-order valence-corrected chi connectivity index (χ1v) is 3.68. The molecule has 70 valence electrons. The number of alkyl halides is 2. The van der Waals surface area contributed by atoms with Gasteiger partial charge in [-0.1, -0.05) is 0 Å². The molecule has 1 saturated heterocycles. The maximum atomic E-state index is 12.6. The molecule has 1 aliphatic rings. The Hall–Kier alpha value is -0.710. The van der Waals surface area contributed by atoms with Crippen LogP contribution in [0.3, 0.4) is 0 Å². The van der Waals surface area contributed by atoms with Crippen molar-refractivity contribution in [3.05, 3.63) is 0 Å². The number of hydrogen-bond acceptors (Lipinski definition) is 2. The van der Waals surface area contributed by atoms with Crippen molar-refractivity contribution >= 4 is 5.97 Å². The molecule has 0 spiro atoms. The molecule has 0 aromatic rings. The van der Waals surface area contributed by atoms with E-state index in [0.29, 0.717) is 0 Å². The Labute approximate surface area is 68.8 Å². The summed E-state index contributed by atoms with van der Waals surface area (Å²) in [7, 11) is 0. The average Bonchev–Trinajstić information content (AvgIpc) is 2.03. The van der Waals surface area contributed by atoms with E-state index in [2.05, 4.69) is 5.32 Å². The van der Waals surface area contributed by atoms with E-state index in [-0.39, 0.29) is 6.42 Å². The molecule has 1 unspecified atom stereocenters. The largest absolute Gasteiger partial charge is 0.481 e. The molecule has 0 aromatic carbocycles. The molecule has 0 saturated carbocycles. The monoisotopic (exact) mass is 179 g/mol. The quantitative estimate of drug-likeness (QED) is 0.660. The Morgan fingerprint density at radius 3 is 2.58 bits per heavy atom. The fourth-order valence-corrected chi connectivity index (χ4v) is 1.50. The van der Waals surface area contributed by atoms with Gasteiger partial charge in [-0.05, 0) is 6.92 Å². The van der Waals surface area contributed by atoms with E-state index in [1.165, 1.54) is 6.92 Å². The highest BCUT2D eigenvalue weighted by molar-refractivity contribution is 5.68. The SMILES string of the molecule is CC1(CC(=O)O)CC(F)(F)CN1. The average molecular weight is 179 g/mol. The van der Waals surface area contributed by atoms with Crippen LogP contribution in [0.5, 0.6) is 0 Å². The molecule has 1 heterocycles. The summed E-state index contributed by atoms with van der Waals surface area (Å²) in [6.45, 7) is 1.08. The number of halogens is 2. The number of hydrogen-bond donors (Lipinski definition) is 2. The van der Waals surface area contributed by atoms with Crippen molar-refractivity contribution in [2.45, 2.75) is 31.2 Å². The Morgan fingerprint density at radius 1 is 1.67 bits per heavy atom. The summed E-state index contributed by atoms with van der Waals surface area (Å²) < 4.78 is 25.3. The first-order chi connectivity index (χ1) is 5.33. The van der Waals surface area contributed by atoms with Gasteiger partial charge in [-0.3, -0.25) is 4.79 Å². The zero-order valence-electron chi connectivity index (χ0n) is 6.73. The van der Waals surface area contributed by atoms with Gasteiger partial charge in [0.25, 0.3) is 5.92 Å². The molecule has 0 radical (unpaired) electrons. The number of nitrogens with one attached hydrogen (secondary N) is 1. The molecule has 2 N–H and O–H groups in total. The fraction of sp³-hybridized carbons (Fsp3) is 0.857.